The van der Waals surface area contributed by atoms with Gasteiger partial charge >= 0.3 is 17.6 Å². The molecule has 0 saturated carbocycles. The maximum Gasteiger partial charge on any atom is 0.336 e. The van der Waals surface area contributed by atoms with E-state index in [1.807, 2.05) is 0 Å². The summed E-state index contributed by atoms with van der Waals surface area (Å²) in [5.74, 6) is -0.670. The Labute approximate surface area is 161 Å². The molecule has 0 unspecified atom stereocenters. The summed E-state index contributed by atoms with van der Waals surface area (Å²) < 4.78 is 22.4. The SMILES string of the molecule is CC(=O)O[C@H]1[C@@H](OC(=O)C=C(C)C)c2cc3ccc(=O)oc3cc2OC1(C)C. The Hall–Kier alpha value is -3.09. The molecule has 1 aromatic heterocycles. The number of fused-ring (bicyclic) bond motifs is 2. The van der Waals surface area contributed by atoms with E-state index < -0.39 is 35.4 Å². The standard InChI is InChI=1S/C21H22O7/c1-11(2)8-18(24)27-19-14-9-13-6-7-17(23)26-15(13)10-16(14)28-21(4,5)20(19)25-12(3)22/h6-10,19-20H,1-5H3/t19-,20-/m0/s1. The maximum atomic E-state index is 12.3. The summed E-state index contributed by atoms with van der Waals surface area (Å²) in [7, 11) is 0. The fraction of sp³-hybridized carbons (Fsp3) is 0.381. The zero-order valence-electron chi connectivity index (χ0n) is 16.4. The Morgan fingerprint density at radius 2 is 1.82 bits per heavy atom. The first-order valence-corrected chi connectivity index (χ1v) is 8.86. The van der Waals surface area contributed by atoms with Crippen LogP contribution in [0.15, 0.2) is 45.1 Å². The molecular weight excluding hydrogens is 364 g/mol. The first kappa shape index (κ1) is 19.7. The molecular formula is C21H22O7. The molecule has 0 amide bonds. The van der Waals surface area contributed by atoms with Crippen molar-refractivity contribution >= 4 is 22.9 Å². The zero-order valence-corrected chi connectivity index (χ0v) is 16.4. The van der Waals surface area contributed by atoms with Crippen LogP contribution < -0.4 is 10.4 Å². The van der Waals surface area contributed by atoms with Crippen LogP contribution in [-0.2, 0) is 19.1 Å². The Morgan fingerprint density at radius 1 is 1.11 bits per heavy atom. The molecule has 0 N–H and O–H groups in total. The van der Waals surface area contributed by atoms with Crippen molar-refractivity contribution in [3.8, 4) is 5.75 Å². The number of esters is 2. The van der Waals surface area contributed by atoms with Crippen LogP contribution >= 0.6 is 0 Å². The van der Waals surface area contributed by atoms with Crippen molar-refractivity contribution in [3.05, 3.63) is 51.9 Å². The van der Waals surface area contributed by atoms with Gasteiger partial charge in [0.15, 0.2) is 12.2 Å². The second-order valence-corrected chi connectivity index (χ2v) is 7.50. The minimum Gasteiger partial charge on any atom is -0.483 e. The fourth-order valence-electron chi connectivity index (χ4n) is 3.20. The van der Waals surface area contributed by atoms with Gasteiger partial charge in [0.25, 0.3) is 0 Å². The van der Waals surface area contributed by atoms with E-state index in [0.717, 1.165) is 5.57 Å². The number of rotatable bonds is 3. The van der Waals surface area contributed by atoms with Crippen LogP contribution in [-0.4, -0.2) is 23.6 Å². The molecule has 2 atom stereocenters. The van der Waals surface area contributed by atoms with Crippen molar-refractivity contribution in [2.24, 2.45) is 0 Å². The Bertz CT molecular complexity index is 1020. The van der Waals surface area contributed by atoms with Crippen molar-refractivity contribution in [2.75, 3.05) is 0 Å². The Balaban J connectivity index is 2.16. The monoisotopic (exact) mass is 386 g/mol. The lowest BCUT2D eigenvalue weighted by Gasteiger charge is -2.43. The van der Waals surface area contributed by atoms with Crippen LogP contribution in [0.5, 0.6) is 5.75 Å². The van der Waals surface area contributed by atoms with Gasteiger partial charge in [-0.05, 0) is 39.8 Å². The zero-order chi connectivity index (χ0) is 20.6. The number of ether oxygens (including phenoxy) is 3. The van der Waals surface area contributed by atoms with Gasteiger partial charge in [-0.15, -0.1) is 0 Å². The first-order chi connectivity index (χ1) is 13.1. The minimum atomic E-state index is -0.989. The molecule has 0 fully saturated rings. The molecule has 0 spiro atoms. The van der Waals surface area contributed by atoms with Crippen LogP contribution in [0.2, 0.25) is 0 Å². The summed E-state index contributed by atoms with van der Waals surface area (Å²) in [6.45, 7) is 8.31. The molecule has 1 aromatic carbocycles. The van der Waals surface area contributed by atoms with Crippen LogP contribution in [0.25, 0.3) is 11.0 Å². The van der Waals surface area contributed by atoms with E-state index in [1.54, 1.807) is 45.9 Å². The van der Waals surface area contributed by atoms with Crippen LogP contribution in [0.1, 0.15) is 46.3 Å². The highest BCUT2D eigenvalue weighted by Crippen LogP contribution is 2.45. The third-order valence-corrected chi connectivity index (χ3v) is 4.33. The average Bonchev–Trinajstić information content (AvgIpc) is 2.55. The third kappa shape index (κ3) is 3.93. The van der Waals surface area contributed by atoms with Crippen molar-refractivity contribution in [1.29, 1.82) is 0 Å². The lowest BCUT2D eigenvalue weighted by atomic mass is 9.87. The molecule has 1 aliphatic heterocycles. The summed E-state index contributed by atoms with van der Waals surface area (Å²) in [6, 6.07) is 6.20. The van der Waals surface area contributed by atoms with Crippen molar-refractivity contribution in [3.63, 3.8) is 0 Å². The maximum absolute atomic E-state index is 12.3. The van der Waals surface area contributed by atoms with Crippen molar-refractivity contribution in [1.82, 2.24) is 0 Å². The van der Waals surface area contributed by atoms with E-state index in [-0.39, 0.29) is 0 Å². The minimum absolute atomic E-state index is 0.349. The largest absolute Gasteiger partial charge is 0.483 e. The second kappa shape index (κ2) is 7.14. The predicted molar refractivity (Wildman–Crippen MR) is 101 cm³/mol. The molecule has 7 heteroatoms. The molecule has 2 aromatic rings. The van der Waals surface area contributed by atoms with Gasteiger partial charge in [0.2, 0.25) is 0 Å². The molecule has 0 aliphatic carbocycles. The van der Waals surface area contributed by atoms with Gasteiger partial charge in [-0.25, -0.2) is 9.59 Å². The molecule has 0 bridgehead atoms. The summed E-state index contributed by atoms with van der Waals surface area (Å²) in [6.07, 6.45) is -0.380. The van der Waals surface area contributed by atoms with E-state index in [9.17, 15) is 14.4 Å². The quantitative estimate of drug-likeness (QED) is 0.453. The lowest BCUT2D eigenvalue weighted by molar-refractivity contribution is -0.186. The number of allylic oxidation sites excluding steroid dienone is 1. The smallest absolute Gasteiger partial charge is 0.336 e. The van der Waals surface area contributed by atoms with E-state index in [1.165, 1.54) is 19.1 Å². The van der Waals surface area contributed by atoms with Gasteiger partial charge in [-0.2, -0.15) is 0 Å². The Kier molecular flexibility index (Phi) is 5.02. The fourth-order valence-corrected chi connectivity index (χ4v) is 3.20. The van der Waals surface area contributed by atoms with Gasteiger partial charge in [-0.3, -0.25) is 4.79 Å². The van der Waals surface area contributed by atoms with Crippen LogP contribution in [0.3, 0.4) is 0 Å². The molecule has 28 heavy (non-hydrogen) atoms. The normalized spacial score (nSPS) is 19.9. The lowest BCUT2D eigenvalue weighted by Crippen LogP contribution is -2.51. The van der Waals surface area contributed by atoms with E-state index in [2.05, 4.69) is 0 Å². The van der Waals surface area contributed by atoms with E-state index in [4.69, 9.17) is 18.6 Å². The molecule has 7 nitrogen and oxygen atoms in total. The van der Waals surface area contributed by atoms with Crippen molar-refractivity contribution < 1.29 is 28.2 Å². The topological polar surface area (TPSA) is 92.0 Å². The number of benzene rings is 1. The van der Waals surface area contributed by atoms with Gasteiger partial charge in [0.05, 0.1) is 0 Å². The first-order valence-electron chi connectivity index (χ1n) is 8.86. The van der Waals surface area contributed by atoms with Crippen LogP contribution in [0, 0.1) is 0 Å². The molecule has 2 heterocycles. The van der Waals surface area contributed by atoms with Gasteiger partial charge in [0, 0.05) is 36.1 Å². The number of carbonyl (C=O) groups excluding carboxylic acids is 2. The summed E-state index contributed by atoms with van der Waals surface area (Å²) in [4.78, 5) is 35.6. The number of hydrogen-bond acceptors (Lipinski definition) is 7. The predicted octanol–water partition coefficient (Wildman–Crippen LogP) is 3.45. The molecule has 0 radical (unpaired) electrons. The highest BCUT2D eigenvalue weighted by atomic mass is 16.6. The van der Waals surface area contributed by atoms with Gasteiger partial charge in [0.1, 0.15) is 16.9 Å². The summed E-state index contributed by atoms with van der Waals surface area (Å²) >= 11 is 0. The molecule has 1 aliphatic rings. The molecule has 0 saturated heterocycles. The molecule has 3 rings (SSSR count). The van der Waals surface area contributed by atoms with Gasteiger partial charge < -0.3 is 18.6 Å². The number of hydrogen-bond donors (Lipinski definition) is 0. The average molecular weight is 386 g/mol. The van der Waals surface area contributed by atoms with E-state index in [0.29, 0.717) is 22.3 Å². The highest BCUT2D eigenvalue weighted by molar-refractivity contribution is 5.84. The molecule has 148 valence electrons. The third-order valence-electron chi connectivity index (χ3n) is 4.33. The van der Waals surface area contributed by atoms with Crippen molar-refractivity contribution in [2.45, 2.75) is 52.4 Å². The van der Waals surface area contributed by atoms with Crippen LogP contribution in [0.4, 0.5) is 0 Å². The summed E-state index contributed by atoms with van der Waals surface area (Å²) in [5.41, 5.74) is 0.189. The van der Waals surface area contributed by atoms with E-state index >= 15 is 0 Å². The summed E-state index contributed by atoms with van der Waals surface area (Å²) in [5, 5.41) is 0.631. The highest BCUT2D eigenvalue weighted by Gasteiger charge is 2.48. The second-order valence-electron chi connectivity index (χ2n) is 7.50. The Morgan fingerprint density at radius 3 is 2.46 bits per heavy atom. The van der Waals surface area contributed by atoms with Gasteiger partial charge in [-0.1, -0.05) is 5.57 Å². The number of carbonyl (C=O) groups is 2.